The summed E-state index contributed by atoms with van der Waals surface area (Å²) in [6, 6.07) is 4.96. The van der Waals surface area contributed by atoms with Crippen molar-refractivity contribution in [2.24, 2.45) is 5.92 Å². The molecule has 22 heavy (non-hydrogen) atoms. The Morgan fingerprint density at radius 3 is 2.59 bits per heavy atom. The minimum atomic E-state index is -0.518. The van der Waals surface area contributed by atoms with Gasteiger partial charge in [-0.3, -0.25) is 15.0 Å². The van der Waals surface area contributed by atoms with E-state index in [-0.39, 0.29) is 17.5 Å². The lowest BCUT2D eigenvalue weighted by Gasteiger charge is -2.35. The first kappa shape index (κ1) is 16.7. The molecule has 0 aliphatic carbocycles. The van der Waals surface area contributed by atoms with E-state index >= 15 is 0 Å². The van der Waals surface area contributed by atoms with Crippen LogP contribution >= 0.6 is 0 Å². The Labute approximate surface area is 131 Å². The third kappa shape index (κ3) is 4.18. The van der Waals surface area contributed by atoms with Crippen LogP contribution in [0.25, 0.3) is 0 Å². The molecule has 122 valence electrons. The maximum Gasteiger partial charge on any atom is 0.311 e. The van der Waals surface area contributed by atoms with Crippen LogP contribution in [0.1, 0.15) is 38.3 Å². The minimum Gasteiger partial charge on any atom is -0.502 e. The Hall–Kier alpha value is -1.66. The van der Waals surface area contributed by atoms with E-state index in [0.717, 1.165) is 44.6 Å². The maximum atomic E-state index is 11.1. The fourth-order valence-electron chi connectivity index (χ4n) is 2.94. The van der Waals surface area contributed by atoms with Crippen molar-refractivity contribution in [3.05, 3.63) is 33.9 Å². The van der Waals surface area contributed by atoms with Crippen LogP contribution in [0.2, 0.25) is 0 Å². The SMILES string of the molecule is CC(C)CC[C@@H](c1ccc(O)c([N+](=O)[O-])c1)N1CCNCC1. The van der Waals surface area contributed by atoms with Crippen LogP contribution in [0.5, 0.6) is 5.75 Å². The molecule has 1 aliphatic rings. The molecule has 1 fully saturated rings. The molecule has 0 saturated carbocycles. The van der Waals surface area contributed by atoms with Gasteiger partial charge >= 0.3 is 5.69 Å². The van der Waals surface area contributed by atoms with Gasteiger partial charge in [-0.1, -0.05) is 19.9 Å². The second kappa shape index (κ2) is 7.56. The molecule has 2 N–H and O–H groups in total. The molecule has 1 aromatic carbocycles. The van der Waals surface area contributed by atoms with Gasteiger partial charge in [-0.2, -0.15) is 0 Å². The standard InChI is InChI=1S/C16H25N3O3/c1-12(2)3-5-14(18-9-7-17-8-10-18)13-4-6-16(20)15(11-13)19(21)22/h4,6,11-12,14,17,20H,3,5,7-10H2,1-2H3/t14-/m0/s1. The molecule has 1 aliphatic heterocycles. The Morgan fingerprint density at radius 2 is 2.00 bits per heavy atom. The Kier molecular flexibility index (Phi) is 5.74. The van der Waals surface area contributed by atoms with Crippen LogP contribution in [-0.4, -0.2) is 41.1 Å². The van der Waals surface area contributed by atoms with E-state index in [2.05, 4.69) is 24.1 Å². The molecule has 6 nitrogen and oxygen atoms in total. The van der Waals surface area contributed by atoms with Gasteiger partial charge in [-0.15, -0.1) is 0 Å². The highest BCUT2D eigenvalue weighted by atomic mass is 16.6. The Balaban J connectivity index is 2.26. The fourth-order valence-corrected chi connectivity index (χ4v) is 2.94. The lowest BCUT2D eigenvalue weighted by atomic mass is 9.95. The number of phenols is 1. The van der Waals surface area contributed by atoms with Crippen molar-refractivity contribution in [2.45, 2.75) is 32.7 Å². The van der Waals surface area contributed by atoms with Gasteiger partial charge in [-0.05, 0) is 30.4 Å². The second-order valence-electron chi connectivity index (χ2n) is 6.28. The minimum absolute atomic E-state index is 0.170. The summed E-state index contributed by atoms with van der Waals surface area (Å²) >= 11 is 0. The summed E-state index contributed by atoms with van der Waals surface area (Å²) in [6.45, 7) is 8.15. The van der Waals surface area contributed by atoms with Gasteiger partial charge in [-0.25, -0.2) is 0 Å². The zero-order valence-electron chi connectivity index (χ0n) is 13.3. The molecular formula is C16H25N3O3. The molecule has 1 heterocycles. The average molecular weight is 307 g/mol. The summed E-state index contributed by atoms with van der Waals surface area (Å²) in [6.07, 6.45) is 2.04. The monoisotopic (exact) mass is 307 g/mol. The topological polar surface area (TPSA) is 78.6 Å². The summed E-state index contributed by atoms with van der Waals surface area (Å²) in [5.41, 5.74) is 0.717. The van der Waals surface area contributed by atoms with Crippen LogP contribution in [-0.2, 0) is 0 Å². The van der Waals surface area contributed by atoms with Crippen molar-refractivity contribution in [3.63, 3.8) is 0 Å². The van der Waals surface area contributed by atoms with Gasteiger partial charge in [0, 0.05) is 38.3 Å². The summed E-state index contributed by atoms with van der Waals surface area (Å²) in [5, 5.41) is 24.0. The van der Waals surface area contributed by atoms with Crippen molar-refractivity contribution < 1.29 is 10.0 Å². The van der Waals surface area contributed by atoms with E-state index in [1.165, 1.54) is 12.1 Å². The van der Waals surface area contributed by atoms with Gasteiger partial charge in [0.15, 0.2) is 5.75 Å². The highest BCUT2D eigenvalue weighted by Gasteiger charge is 2.25. The van der Waals surface area contributed by atoms with Crippen molar-refractivity contribution in [1.29, 1.82) is 0 Å². The lowest BCUT2D eigenvalue weighted by molar-refractivity contribution is -0.386. The first-order valence-corrected chi connectivity index (χ1v) is 7.91. The number of aromatic hydroxyl groups is 1. The number of hydrogen-bond acceptors (Lipinski definition) is 5. The normalized spacial score (nSPS) is 17.6. The zero-order valence-corrected chi connectivity index (χ0v) is 13.3. The molecule has 0 bridgehead atoms. The summed E-state index contributed by atoms with van der Waals surface area (Å²) in [7, 11) is 0. The number of hydrogen-bond donors (Lipinski definition) is 2. The molecular weight excluding hydrogens is 282 g/mol. The van der Waals surface area contributed by atoms with E-state index in [1.807, 2.05) is 6.07 Å². The number of phenolic OH excluding ortho intramolecular Hbond substituents is 1. The van der Waals surface area contributed by atoms with E-state index in [9.17, 15) is 15.2 Å². The molecule has 6 heteroatoms. The van der Waals surface area contributed by atoms with E-state index < -0.39 is 4.92 Å². The smallest absolute Gasteiger partial charge is 0.311 e. The van der Waals surface area contributed by atoms with Gasteiger partial charge in [0.05, 0.1) is 4.92 Å². The van der Waals surface area contributed by atoms with Crippen molar-refractivity contribution in [1.82, 2.24) is 10.2 Å². The van der Waals surface area contributed by atoms with Crippen LogP contribution in [0, 0.1) is 16.0 Å². The summed E-state index contributed by atoms with van der Waals surface area (Å²) < 4.78 is 0. The largest absolute Gasteiger partial charge is 0.502 e. The molecule has 0 unspecified atom stereocenters. The van der Waals surface area contributed by atoms with Gasteiger partial charge in [0.2, 0.25) is 0 Å². The molecule has 1 atom stereocenters. The van der Waals surface area contributed by atoms with E-state index in [1.54, 1.807) is 0 Å². The fraction of sp³-hybridized carbons (Fsp3) is 0.625. The lowest BCUT2D eigenvalue weighted by Crippen LogP contribution is -2.45. The van der Waals surface area contributed by atoms with Crippen molar-refractivity contribution in [3.8, 4) is 5.75 Å². The van der Waals surface area contributed by atoms with Gasteiger partial charge in [0.25, 0.3) is 0 Å². The van der Waals surface area contributed by atoms with Crippen LogP contribution in [0.3, 0.4) is 0 Å². The highest BCUT2D eigenvalue weighted by Crippen LogP contribution is 2.34. The molecule has 2 rings (SSSR count). The quantitative estimate of drug-likeness (QED) is 0.624. The number of rotatable bonds is 6. The molecule has 1 saturated heterocycles. The average Bonchev–Trinajstić information content (AvgIpc) is 2.49. The molecule has 0 amide bonds. The number of nitro groups is 1. The zero-order chi connectivity index (χ0) is 16.1. The Bertz CT molecular complexity index is 513. The van der Waals surface area contributed by atoms with Gasteiger partial charge < -0.3 is 10.4 Å². The third-order valence-corrected chi connectivity index (χ3v) is 4.19. The predicted octanol–water partition coefficient (Wildman–Crippen LogP) is 2.68. The van der Waals surface area contributed by atoms with Crippen LogP contribution < -0.4 is 5.32 Å². The highest BCUT2D eigenvalue weighted by molar-refractivity contribution is 5.48. The number of nitrogens with one attached hydrogen (secondary N) is 1. The first-order chi connectivity index (χ1) is 10.5. The van der Waals surface area contributed by atoms with Crippen LogP contribution in [0.15, 0.2) is 18.2 Å². The summed E-state index contributed by atoms with van der Waals surface area (Å²) in [4.78, 5) is 12.9. The number of benzene rings is 1. The predicted molar refractivity (Wildman–Crippen MR) is 86.0 cm³/mol. The number of nitro benzene ring substituents is 1. The number of nitrogens with zero attached hydrogens (tertiary/aromatic N) is 2. The second-order valence-corrected chi connectivity index (χ2v) is 6.28. The molecule has 1 aromatic rings. The summed E-state index contributed by atoms with van der Waals surface area (Å²) in [5.74, 6) is 0.328. The molecule has 0 radical (unpaired) electrons. The van der Waals surface area contributed by atoms with Gasteiger partial charge in [0.1, 0.15) is 0 Å². The molecule has 0 aromatic heterocycles. The first-order valence-electron chi connectivity index (χ1n) is 7.91. The van der Waals surface area contributed by atoms with E-state index in [0.29, 0.717) is 5.92 Å². The molecule has 0 spiro atoms. The van der Waals surface area contributed by atoms with Crippen molar-refractivity contribution >= 4 is 5.69 Å². The number of piperazine rings is 1. The van der Waals surface area contributed by atoms with Crippen LogP contribution in [0.4, 0.5) is 5.69 Å². The Morgan fingerprint density at radius 1 is 1.32 bits per heavy atom. The third-order valence-electron chi connectivity index (χ3n) is 4.19. The van der Waals surface area contributed by atoms with Crippen molar-refractivity contribution in [2.75, 3.05) is 26.2 Å². The maximum absolute atomic E-state index is 11.1. The van der Waals surface area contributed by atoms with E-state index in [4.69, 9.17) is 0 Å².